The van der Waals surface area contributed by atoms with Crippen LogP contribution in [0.15, 0.2) is 60.7 Å². The highest BCUT2D eigenvalue weighted by molar-refractivity contribution is 7.17. The zero-order valence-corrected chi connectivity index (χ0v) is 35.4. The summed E-state index contributed by atoms with van der Waals surface area (Å²) in [4.78, 5) is 62.9. The van der Waals surface area contributed by atoms with Crippen molar-refractivity contribution in [2.75, 3.05) is 32.8 Å². The molecule has 4 atom stereocenters. The lowest BCUT2D eigenvalue weighted by Gasteiger charge is -2.33. The van der Waals surface area contributed by atoms with Crippen LogP contribution in [0, 0.1) is 20.8 Å². The first kappa shape index (κ1) is 49.0. The number of piperidine rings is 2. The smallest absolute Gasteiger partial charge is 0.416 e. The lowest BCUT2D eigenvalue weighted by atomic mass is 9.88. The van der Waals surface area contributed by atoms with E-state index in [1.807, 2.05) is 32.0 Å². The molecule has 1 amide bonds. The molecule has 0 aliphatic carbocycles. The molecule has 18 heteroatoms. The number of hydrogen-bond donors (Lipinski definition) is 6. The van der Waals surface area contributed by atoms with E-state index < -0.39 is 41.9 Å². The van der Waals surface area contributed by atoms with Crippen LogP contribution in [0.25, 0.3) is 10.6 Å². The fraction of sp³-hybridized carbons (Fsp3) is 0.409. The van der Waals surface area contributed by atoms with E-state index in [0.29, 0.717) is 57.9 Å². The molecular weight excluding hydrogens is 836 g/mol. The third-order valence-corrected chi connectivity index (χ3v) is 11.6. The fourth-order valence-electron chi connectivity index (χ4n) is 6.95. The number of thiazole rings is 1. The summed E-state index contributed by atoms with van der Waals surface area (Å²) in [6.07, 6.45) is -4.91. The largest absolute Gasteiger partial charge is 0.479 e. The van der Waals surface area contributed by atoms with E-state index in [1.54, 1.807) is 30.9 Å². The number of hydrogen-bond acceptors (Lipinski definition) is 11. The van der Waals surface area contributed by atoms with Crippen LogP contribution in [-0.4, -0.2) is 110 Å². The zero-order valence-electron chi connectivity index (χ0n) is 34.6. The highest BCUT2D eigenvalue weighted by atomic mass is 32.1. The second kappa shape index (κ2) is 21.9. The van der Waals surface area contributed by atoms with E-state index in [2.05, 4.69) is 16.4 Å². The SMILES string of the molecule is CCOC(=O)c1cc([C@H]2CCCNC2)ccc1C.Cc1ccc([C@H]2CCCN(C(=O)c3sc(-c4ccc(C(F)(F)F)cc4)nc3C)C2)cc1C(=O)O.O=C(O)[C@@H](O)[C@H](O)C(=O)O. The molecule has 0 spiro atoms. The molecule has 14 nitrogen and oxygen atoms in total. The summed E-state index contributed by atoms with van der Waals surface area (Å²) in [5.41, 5.74) is 5.12. The van der Waals surface area contributed by atoms with Crippen LogP contribution in [-0.2, 0) is 20.5 Å². The Morgan fingerprint density at radius 1 is 0.839 bits per heavy atom. The van der Waals surface area contributed by atoms with Crippen LogP contribution in [0.5, 0.6) is 0 Å². The van der Waals surface area contributed by atoms with Gasteiger partial charge in [0.1, 0.15) is 9.88 Å². The van der Waals surface area contributed by atoms with E-state index in [4.69, 9.17) is 25.2 Å². The third kappa shape index (κ3) is 12.9. The Labute approximate surface area is 360 Å². The summed E-state index contributed by atoms with van der Waals surface area (Å²) in [7, 11) is 0. The van der Waals surface area contributed by atoms with Gasteiger partial charge in [0.05, 0.1) is 29.0 Å². The maximum atomic E-state index is 13.3. The van der Waals surface area contributed by atoms with Crippen LogP contribution < -0.4 is 5.32 Å². The molecule has 0 saturated carbocycles. The van der Waals surface area contributed by atoms with Gasteiger partial charge >= 0.3 is 30.1 Å². The van der Waals surface area contributed by atoms with Crippen molar-refractivity contribution >= 4 is 41.1 Å². The predicted octanol–water partition coefficient (Wildman–Crippen LogP) is 6.68. The van der Waals surface area contributed by atoms with Crippen molar-refractivity contribution in [2.24, 2.45) is 0 Å². The molecule has 4 aromatic rings. The van der Waals surface area contributed by atoms with Gasteiger partial charge in [0.25, 0.3) is 5.91 Å². The van der Waals surface area contributed by atoms with Crippen molar-refractivity contribution in [3.8, 4) is 10.6 Å². The number of aliphatic hydroxyl groups excluding tert-OH is 2. The Hall–Kier alpha value is -5.69. The van der Waals surface area contributed by atoms with Crippen LogP contribution in [0.3, 0.4) is 0 Å². The number of nitrogens with zero attached hydrogens (tertiary/aromatic N) is 2. The molecule has 334 valence electrons. The Balaban J connectivity index is 0.000000250. The molecule has 0 radical (unpaired) electrons. The minimum Gasteiger partial charge on any atom is -0.479 e. The number of carbonyl (C=O) groups excluding carboxylic acids is 2. The van der Waals surface area contributed by atoms with Crippen LogP contribution >= 0.6 is 11.3 Å². The normalized spacial score (nSPS) is 17.3. The summed E-state index contributed by atoms with van der Waals surface area (Å²) in [6, 6.07) is 16.3. The van der Waals surface area contributed by atoms with Gasteiger partial charge in [-0.3, -0.25) is 4.79 Å². The lowest BCUT2D eigenvalue weighted by molar-refractivity contribution is -0.165. The molecule has 3 heterocycles. The summed E-state index contributed by atoms with van der Waals surface area (Å²) >= 11 is 1.17. The van der Waals surface area contributed by atoms with Crippen molar-refractivity contribution in [3.63, 3.8) is 0 Å². The van der Waals surface area contributed by atoms with Gasteiger partial charge in [0.2, 0.25) is 0 Å². The third-order valence-electron chi connectivity index (χ3n) is 10.5. The number of halogens is 3. The van der Waals surface area contributed by atoms with E-state index in [-0.39, 0.29) is 23.4 Å². The highest BCUT2D eigenvalue weighted by Crippen LogP contribution is 2.35. The Bertz CT molecular complexity index is 2210. The minimum absolute atomic E-state index is 0.0269. The monoisotopic (exact) mass is 885 g/mol. The molecule has 2 fully saturated rings. The summed E-state index contributed by atoms with van der Waals surface area (Å²) < 4.78 is 43.6. The van der Waals surface area contributed by atoms with Crippen molar-refractivity contribution in [1.29, 1.82) is 0 Å². The minimum atomic E-state index is -4.41. The highest BCUT2D eigenvalue weighted by Gasteiger charge is 2.32. The number of ether oxygens (including phenoxy) is 1. The molecule has 2 saturated heterocycles. The molecule has 62 heavy (non-hydrogen) atoms. The van der Waals surface area contributed by atoms with Crippen molar-refractivity contribution in [2.45, 2.75) is 83.6 Å². The number of rotatable bonds is 10. The maximum absolute atomic E-state index is 13.3. The van der Waals surface area contributed by atoms with Gasteiger partial charge < -0.3 is 40.5 Å². The van der Waals surface area contributed by atoms with Gasteiger partial charge in [-0.1, -0.05) is 36.4 Å². The van der Waals surface area contributed by atoms with E-state index >= 15 is 0 Å². The van der Waals surface area contributed by atoms with Gasteiger partial charge in [-0.25, -0.2) is 24.2 Å². The number of aryl methyl sites for hydroxylation is 3. The number of amides is 1. The molecule has 3 aromatic carbocycles. The van der Waals surface area contributed by atoms with Crippen molar-refractivity contribution in [3.05, 3.63) is 110 Å². The summed E-state index contributed by atoms with van der Waals surface area (Å²) in [5, 5.41) is 45.9. The number of aromatic nitrogens is 1. The number of aliphatic hydroxyl groups is 2. The van der Waals surface area contributed by atoms with E-state index in [0.717, 1.165) is 49.2 Å². The Morgan fingerprint density at radius 2 is 1.40 bits per heavy atom. The standard InChI is InChI=1S/C25H23F3N2O3S.C15H21NO2.C4H6O6/c1-14-5-6-17(12-20(14)24(32)33)18-4-3-11-30(13-18)23(31)21-15(2)29-22(34-21)16-7-9-19(10-8-16)25(26,27)28;1-3-18-15(17)14-9-12(7-6-11(14)2)13-5-4-8-16-10-13;5-1(3(7)8)2(6)4(9)10/h5-10,12,18H,3-4,11,13H2,1-2H3,(H,32,33);6-7,9,13,16H,3-5,8,10H2,1-2H3;1-2,5-6H,(H,7,8)(H,9,10)/t18-;13-;1-,2-/m000/s1. The summed E-state index contributed by atoms with van der Waals surface area (Å²) in [6.45, 7) is 10.8. The molecular formula is C44H50F3N3O11S. The maximum Gasteiger partial charge on any atom is 0.416 e. The Morgan fingerprint density at radius 3 is 1.94 bits per heavy atom. The number of nitrogens with one attached hydrogen (secondary N) is 1. The number of benzene rings is 3. The first-order chi connectivity index (χ1) is 29.2. The molecule has 6 rings (SSSR count). The number of aromatic carboxylic acids is 1. The molecule has 1 aromatic heterocycles. The Kier molecular flexibility index (Phi) is 17.3. The van der Waals surface area contributed by atoms with Gasteiger partial charge in [-0.2, -0.15) is 13.2 Å². The topological polar surface area (TPSA) is 224 Å². The van der Waals surface area contributed by atoms with E-state index in [1.165, 1.54) is 41.9 Å². The van der Waals surface area contributed by atoms with Gasteiger partial charge in [0, 0.05) is 31.1 Å². The molecule has 0 bridgehead atoms. The second-order valence-corrected chi connectivity index (χ2v) is 15.9. The van der Waals surface area contributed by atoms with Crippen LogP contribution in [0.4, 0.5) is 13.2 Å². The number of aliphatic carboxylic acids is 2. The quantitative estimate of drug-likeness (QED) is 0.0916. The predicted molar refractivity (Wildman–Crippen MR) is 223 cm³/mol. The van der Waals surface area contributed by atoms with Gasteiger partial charge in [0.15, 0.2) is 12.2 Å². The van der Waals surface area contributed by atoms with E-state index in [9.17, 15) is 42.3 Å². The number of carboxylic acids is 3. The number of likely N-dealkylation sites (tertiary alicyclic amines) is 1. The number of esters is 1. The van der Waals surface area contributed by atoms with Crippen LogP contribution in [0.2, 0.25) is 0 Å². The average Bonchev–Trinajstić information content (AvgIpc) is 3.64. The fourth-order valence-corrected chi connectivity index (χ4v) is 7.99. The van der Waals surface area contributed by atoms with Crippen LogP contribution in [0.1, 0.15) is 108 Å². The average molecular weight is 886 g/mol. The van der Waals surface area contributed by atoms with Crippen molar-refractivity contribution < 1.29 is 67.4 Å². The number of carbonyl (C=O) groups is 5. The molecule has 6 N–H and O–H groups in total. The molecule has 2 aliphatic rings. The number of carboxylic acid groups (broad SMARTS) is 3. The molecule has 2 aliphatic heterocycles. The first-order valence-electron chi connectivity index (χ1n) is 19.8. The first-order valence-corrected chi connectivity index (χ1v) is 20.6. The lowest BCUT2D eigenvalue weighted by Crippen LogP contribution is -2.39. The number of alkyl halides is 3. The van der Waals surface area contributed by atoms with Crippen molar-refractivity contribution in [1.82, 2.24) is 15.2 Å². The van der Waals surface area contributed by atoms with Gasteiger partial charge in [-0.05, 0) is 112 Å². The van der Waals surface area contributed by atoms with Gasteiger partial charge in [-0.15, -0.1) is 11.3 Å². The second-order valence-electron chi connectivity index (χ2n) is 14.9. The molecule has 0 unspecified atom stereocenters. The zero-order chi connectivity index (χ0) is 45.9. The summed E-state index contributed by atoms with van der Waals surface area (Å²) in [5.74, 6) is -4.33.